The molecule has 1 aliphatic heterocycles. The van der Waals surface area contributed by atoms with Gasteiger partial charge in [-0.25, -0.2) is 8.42 Å². The number of benzene rings is 2. The van der Waals surface area contributed by atoms with Crippen molar-refractivity contribution in [2.45, 2.75) is 24.3 Å². The lowest BCUT2D eigenvalue weighted by molar-refractivity contribution is -0.383. The number of nitrogens with zero attached hydrogens (tertiary/aromatic N) is 2. The number of nitro groups is 1. The maximum absolute atomic E-state index is 12.5. The number of hydrogen-bond acceptors (Lipinski definition) is 6. The minimum atomic E-state index is -3.48. The third-order valence-electron chi connectivity index (χ3n) is 4.57. The molecule has 0 bridgehead atoms. The Morgan fingerprint density at radius 2 is 1.79 bits per heavy atom. The van der Waals surface area contributed by atoms with Gasteiger partial charge in [0.2, 0.25) is 10.0 Å². The van der Waals surface area contributed by atoms with Crippen molar-refractivity contribution >= 4 is 27.3 Å². The van der Waals surface area contributed by atoms with E-state index in [0.717, 1.165) is 18.9 Å². The Morgan fingerprint density at radius 1 is 1.14 bits per heavy atom. The highest BCUT2D eigenvalue weighted by Gasteiger charge is 2.26. The molecule has 1 aliphatic rings. The summed E-state index contributed by atoms with van der Waals surface area (Å²) >= 11 is 0. The molecule has 0 atom stereocenters. The van der Waals surface area contributed by atoms with Gasteiger partial charge < -0.3 is 11.1 Å². The molecule has 0 aliphatic carbocycles. The molecule has 10 heteroatoms. The number of carbonyl (C=O) groups excluding carboxylic acids is 1. The summed E-state index contributed by atoms with van der Waals surface area (Å²) in [6.07, 6.45) is 1.74. The Hall–Kier alpha value is -2.98. The quantitative estimate of drug-likeness (QED) is 0.429. The summed E-state index contributed by atoms with van der Waals surface area (Å²) in [6, 6.07) is 10.1. The molecule has 148 valence electrons. The zero-order valence-corrected chi connectivity index (χ0v) is 15.8. The summed E-state index contributed by atoms with van der Waals surface area (Å²) in [4.78, 5) is 22.7. The maximum atomic E-state index is 12.5. The molecule has 0 spiro atoms. The number of anilines is 1. The predicted molar refractivity (Wildman–Crippen MR) is 103 cm³/mol. The van der Waals surface area contributed by atoms with Crippen LogP contribution in [0.5, 0.6) is 0 Å². The first-order valence-electron chi connectivity index (χ1n) is 8.70. The van der Waals surface area contributed by atoms with Crippen LogP contribution in [-0.4, -0.2) is 36.6 Å². The first-order chi connectivity index (χ1) is 13.3. The Balaban J connectivity index is 1.66. The van der Waals surface area contributed by atoms with Crippen LogP contribution < -0.4 is 11.1 Å². The molecule has 1 amide bonds. The Morgan fingerprint density at radius 3 is 2.39 bits per heavy atom. The SMILES string of the molecule is Nc1ccc(C(=O)NCc2ccc(S(=O)(=O)N3CCCC3)cc2)cc1[N+](=O)[O-]. The van der Waals surface area contributed by atoms with Gasteiger partial charge in [0.1, 0.15) is 5.69 Å². The van der Waals surface area contributed by atoms with Gasteiger partial charge in [-0.2, -0.15) is 4.31 Å². The van der Waals surface area contributed by atoms with E-state index in [1.54, 1.807) is 12.1 Å². The van der Waals surface area contributed by atoms with Crippen molar-refractivity contribution in [1.82, 2.24) is 9.62 Å². The minimum Gasteiger partial charge on any atom is -0.393 e. The Bertz CT molecular complexity index is 999. The normalized spacial score (nSPS) is 14.7. The number of rotatable bonds is 6. The van der Waals surface area contributed by atoms with Crippen molar-refractivity contribution in [3.8, 4) is 0 Å². The molecule has 1 fully saturated rings. The van der Waals surface area contributed by atoms with E-state index in [9.17, 15) is 23.3 Å². The largest absolute Gasteiger partial charge is 0.393 e. The first kappa shape index (κ1) is 19.8. The molecule has 1 heterocycles. The number of sulfonamides is 1. The molecule has 2 aromatic rings. The maximum Gasteiger partial charge on any atom is 0.292 e. The lowest BCUT2D eigenvalue weighted by Gasteiger charge is -2.15. The third-order valence-corrected chi connectivity index (χ3v) is 6.48. The van der Waals surface area contributed by atoms with Crippen LogP contribution in [0.2, 0.25) is 0 Å². The van der Waals surface area contributed by atoms with Gasteiger partial charge in [0, 0.05) is 31.3 Å². The molecular weight excluding hydrogens is 384 g/mol. The number of hydrogen-bond donors (Lipinski definition) is 2. The fraction of sp³-hybridized carbons (Fsp3) is 0.278. The number of amides is 1. The molecular formula is C18H20N4O5S. The summed E-state index contributed by atoms with van der Waals surface area (Å²) in [5, 5.41) is 13.6. The van der Waals surface area contributed by atoms with Crippen molar-refractivity contribution in [1.29, 1.82) is 0 Å². The van der Waals surface area contributed by atoms with Crippen molar-refractivity contribution in [3.05, 3.63) is 63.7 Å². The minimum absolute atomic E-state index is 0.0173. The van der Waals surface area contributed by atoms with Crippen LogP contribution >= 0.6 is 0 Å². The van der Waals surface area contributed by atoms with Crippen LogP contribution in [0, 0.1) is 10.1 Å². The van der Waals surface area contributed by atoms with Gasteiger partial charge in [-0.3, -0.25) is 14.9 Å². The molecule has 9 nitrogen and oxygen atoms in total. The van der Waals surface area contributed by atoms with Crippen molar-refractivity contribution in [2.24, 2.45) is 0 Å². The average molecular weight is 404 g/mol. The summed E-state index contributed by atoms with van der Waals surface area (Å²) < 4.78 is 26.5. The molecule has 2 aromatic carbocycles. The lowest BCUT2D eigenvalue weighted by atomic mass is 10.1. The topological polar surface area (TPSA) is 136 Å². The van der Waals surface area contributed by atoms with E-state index in [-0.39, 0.29) is 28.4 Å². The van der Waals surface area contributed by atoms with Crippen LogP contribution in [0.3, 0.4) is 0 Å². The van der Waals surface area contributed by atoms with E-state index in [0.29, 0.717) is 18.7 Å². The second-order valence-corrected chi connectivity index (χ2v) is 8.41. The zero-order valence-electron chi connectivity index (χ0n) is 15.0. The highest BCUT2D eigenvalue weighted by atomic mass is 32.2. The molecule has 0 aromatic heterocycles. The van der Waals surface area contributed by atoms with Gasteiger partial charge in [-0.05, 0) is 42.7 Å². The standard InChI is InChI=1S/C18H20N4O5S/c19-16-8-5-14(11-17(16)22(24)25)18(23)20-12-13-3-6-15(7-4-13)28(26,27)21-9-1-2-10-21/h3-8,11H,1-2,9-10,12,19H2,(H,20,23). The molecule has 3 N–H and O–H groups in total. The second kappa shape index (κ2) is 7.95. The monoisotopic (exact) mass is 404 g/mol. The molecule has 0 unspecified atom stereocenters. The van der Waals surface area contributed by atoms with Gasteiger partial charge in [0.25, 0.3) is 11.6 Å². The number of nitrogens with two attached hydrogens (primary N) is 1. The van der Waals surface area contributed by atoms with Crippen LogP contribution in [0.15, 0.2) is 47.4 Å². The molecule has 3 rings (SSSR count). The van der Waals surface area contributed by atoms with Crippen molar-refractivity contribution in [2.75, 3.05) is 18.8 Å². The fourth-order valence-corrected chi connectivity index (χ4v) is 4.50. The molecule has 0 saturated carbocycles. The smallest absolute Gasteiger partial charge is 0.292 e. The summed E-state index contributed by atoms with van der Waals surface area (Å²) in [6.45, 7) is 1.22. The Kier molecular flexibility index (Phi) is 5.61. The lowest BCUT2D eigenvalue weighted by Crippen LogP contribution is -2.28. The summed E-state index contributed by atoms with van der Waals surface area (Å²) in [5.41, 5.74) is 6.00. The highest BCUT2D eigenvalue weighted by Crippen LogP contribution is 2.23. The number of carbonyl (C=O) groups is 1. The highest BCUT2D eigenvalue weighted by molar-refractivity contribution is 7.89. The van der Waals surface area contributed by atoms with E-state index < -0.39 is 20.9 Å². The number of nitro benzene ring substituents is 1. The van der Waals surface area contributed by atoms with Gasteiger partial charge in [-0.1, -0.05) is 12.1 Å². The molecule has 1 saturated heterocycles. The first-order valence-corrected chi connectivity index (χ1v) is 10.1. The van der Waals surface area contributed by atoms with E-state index in [4.69, 9.17) is 5.73 Å². The van der Waals surface area contributed by atoms with E-state index in [2.05, 4.69) is 5.32 Å². The van der Waals surface area contributed by atoms with Gasteiger partial charge >= 0.3 is 0 Å². The van der Waals surface area contributed by atoms with Crippen molar-refractivity contribution in [3.63, 3.8) is 0 Å². The van der Waals surface area contributed by atoms with Crippen LogP contribution in [0.1, 0.15) is 28.8 Å². The van der Waals surface area contributed by atoms with Gasteiger partial charge in [0.05, 0.1) is 9.82 Å². The van der Waals surface area contributed by atoms with Crippen LogP contribution in [0.25, 0.3) is 0 Å². The van der Waals surface area contributed by atoms with Gasteiger partial charge in [0.15, 0.2) is 0 Å². The van der Waals surface area contributed by atoms with E-state index in [1.807, 2.05) is 0 Å². The third kappa shape index (κ3) is 4.12. The van der Waals surface area contributed by atoms with E-state index >= 15 is 0 Å². The van der Waals surface area contributed by atoms with Crippen LogP contribution in [-0.2, 0) is 16.6 Å². The second-order valence-electron chi connectivity index (χ2n) is 6.47. The number of nitrogen functional groups attached to an aromatic ring is 1. The zero-order chi connectivity index (χ0) is 20.3. The summed E-state index contributed by atoms with van der Waals surface area (Å²) in [7, 11) is -3.48. The van der Waals surface area contributed by atoms with Crippen LogP contribution in [0.4, 0.5) is 11.4 Å². The average Bonchev–Trinajstić information content (AvgIpc) is 3.22. The molecule has 0 radical (unpaired) electrons. The summed E-state index contributed by atoms with van der Waals surface area (Å²) in [5.74, 6) is -0.489. The molecule has 28 heavy (non-hydrogen) atoms. The van der Waals surface area contributed by atoms with Gasteiger partial charge in [-0.15, -0.1) is 0 Å². The van der Waals surface area contributed by atoms with Crippen molar-refractivity contribution < 1.29 is 18.1 Å². The van der Waals surface area contributed by atoms with E-state index in [1.165, 1.54) is 28.6 Å². The fourth-order valence-electron chi connectivity index (χ4n) is 2.98. The Labute approximate surface area is 162 Å². The predicted octanol–water partition coefficient (Wildman–Crippen LogP) is 1.89. The number of nitrogens with one attached hydrogen (secondary N) is 1.